The Bertz CT molecular complexity index is 851. The summed E-state index contributed by atoms with van der Waals surface area (Å²) in [6.07, 6.45) is -0.715. The number of piperazine rings is 1. The Morgan fingerprint density at radius 2 is 1.59 bits per heavy atom. The normalized spacial score (nSPS) is 15.5. The maximum atomic E-state index is 12.5. The van der Waals surface area contributed by atoms with Gasteiger partial charge in [0, 0.05) is 33.1 Å². The second-order valence-electron chi connectivity index (χ2n) is 6.78. The molecule has 2 aromatic carbocycles. The molecule has 6 heteroatoms. The predicted octanol–water partition coefficient (Wildman–Crippen LogP) is 2.00. The first-order valence-corrected chi connectivity index (χ1v) is 9.16. The van der Waals surface area contributed by atoms with Gasteiger partial charge in [-0.25, -0.2) is 0 Å². The van der Waals surface area contributed by atoms with E-state index in [4.69, 9.17) is 4.74 Å². The largest absolute Gasteiger partial charge is 0.452 e. The lowest BCUT2D eigenvalue weighted by Gasteiger charge is -2.35. The summed E-state index contributed by atoms with van der Waals surface area (Å²) in [6.45, 7) is 5.07. The van der Waals surface area contributed by atoms with E-state index in [1.54, 1.807) is 16.7 Å². The van der Waals surface area contributed by atoms with Gasteiger partial charge in [-0.2, -0.15) is 0 Å². The fourth-order valence-corrected chi connectivity index (χ4v) is 3.39. The zero-order chi connectivity index (χ0) is 19.4. The van der Waals surface area contributed by atoms with E-state index in [1.165, 1.54) is 6.92 Å². The first-order valence-electron chi connectivity index (χ1n) is 9.16. The molecule has 1 heterocycles. The molecule has 2 aromatic rings. The summed E-state index contributed by atoms with van der Waals surface area (Å²) in [4.78, 5) is 39.6. The SMILES string of the molecule is CC(=O)N1CCN(C(=O)C(C)OC(=O)Cc2cccc3ccccc23)CC1. The highest BCUT2D eigenvalue weighted by Gasteiger charge is 2.27. The van der Waals surface area contributed by atoms with Gasteiger partial charge in [0.2, 0.25) is 5.91 Å². The molecule has 2 amide bonds. The molecule has 1 saturated heterocycles. The van der Waals surface area contributed by atoms with Crippen LogP contribution < -0.4 is 0 Å². The summed E-state index contributed by atoms with van der Waals surface area (Å²) in [6, 6.07) is 13.7. The molecular weight excluding hydrogens is 344 g/mol. The molecule has 0 bridgehead atoms. The van der Waals surface area contributed by atoms with E-state index in [-0.39, 0.29) is 18.2 Å². The average molecular weight is 368 g/mol. The van der Waals surface area contributed by atoms with Gasteiger partial charge >= 0.3 is 5.97 Å². The number of carbonyl (C=O) groups is 3. The Hall–Kier alpha value is -2.89. The van der Waals surface area contributed by atoms with Crippen LogP contribution in [0.2, 0.25) is 0 Å². The lowest BCUT2D eigenvalue weighted by atomic mass is 10.0. The van der Waals surface area contributed by atoms with Crippen molar-refractivity contribution in [2.24, 2.45) is 0 Å². The number of hydrogen-bond acceptors (Lipinski definition) is 4. The van der Waals surface area contributed by atoms with Crippen LogP contribution in [-0.2, 0) is 25.5 Å². The van der Waals surface area contributed by atoms with Gasteiger partial charge in [0.25, 0.3) is 5.91 Å². The summed E-state index contributed by atoms with van der Waals surface area (Å²) in [5, 5.41) is 2.08. The third-order valence-corrected chi connectivity index (χ3v) is 4.91. The van der Waals surface area contributed by atoms with Crippen LogP contribution in [0, 0.1) is 0 Å². The van der Waals surface area contributed by atoms with E-state index < -0.39 is 12.1 Å². The lowest BCUT2D eigenvalue weighted by molar-refractivity contribution is -0.159. The van der Waals surface area contributed by atoms with Crippen LogP contribution in [0.5, 0.6) is 0 Å². The van der Waals surface area contributed by atoms with Crippen molar-refractivity contribution in [1.29, 1.82) is 0 Å². The van der Waals surface area contributed by atoms with Gasteiger partial charge in [0.1, 0.15) is 0 Å². The van der Waals surface area contributed by atoms with E-state index >= 15 is 0 Å². The molecule has 3 rings (SSSR count). The van der Waals surface area contributed by atoms with E-state index in [0.717, 1.165) is 16.3 Å². The number of esters is 1. The van der Waals surface area contributed by atoms with Crippen LogP contribution in [-0.4, -0.2) is 59.9 Å². The Morgan fingerprint density at radius 3 is 2.30 bits per heavy atom. The summed E-state index contributed by atoms with van der Waals surface area (Å²) >= 11 is 0. The molecular formula is C21H24N2O4. The molecule has 1 fully saturated rings. The third kappa shape index (κ3) is 4.45. The topological polar surface area (TPSA) is 66.9 Å². The Kier molecular flexibility index (Phi) is 5.74. The van der Waals surface area contributed by atoms with E-state index in [9.17, 15) is 14.4 Å². The standard InChI is InChI=1S/C21H24N2O4/c1-15(21(26)23-12-10-22(11-13-23)16(2)24)27-20(25)14-18-8-5-7-17-6-3-4-9-19(17)18/h3-9,15H,10-14H2,1-2H3. The second kappa shape index (κ2) is 8.20. The maximum Gasteiger partial charge on any atom is 0.311 e. The summed E-state index contributed by atoms with van der Waals surface area (Å²) in [7, 11) is 0. The molecule has 0 N–H and O–H groups in total. The van der Waals surface area contributed by atoms with Gasteiger partial charge < -0.3 is 14.5 Å². The monoisotopic (exact) mass is 368 g/mol. The van der Waals surface area contributed by atoms with Gasteiger partial charge in [-0.05, 0) is 23.3 Å². The number of nitrogens with zero attached hydrogens (tertiary/aromatic N) is 2. The number of carbonyl (C=O) groups excluding carboxylic acids is 3. The number of amides is 2. The molecule has 0 spiro atoms. The highest BCUT2D eigenvalue weighted by Crippen LogP contribution is 2.19. The number of ether oxygens (including phenoxy) is 1. The average Bonchev–Trinajstić information content (AvgIpc) is 2.67. The van der Waals surface area contributed by atoms with Gasteiger partial charge in [-0.15, -0.1) is 0 Å². The highest BCUT2D eigenvalue weighted by atomic mass is 16.5. The van der Waals surface area contributed by atoms with Crippen LogP contribution >= 0.6 is 0 Å². The Labute approximate surface area is 158 Å². The van der Waals surface area contributed by atoms with Crippen LogP contribution in [0.4, 0.5) is 0 Å². The Morgan fingerprint density at radius 1 is 0.963 bits per heavy atom. The smallest absolute Gasteiger partial charge is 0.311 e. The van der Waals surface area contributed by atoms with Gasteiger partial charge in [0.05, 0.1) is 6.42 Å². The minimum absolute atomic E-state index is 0.0108. The van der Waals surface area contributed by atoms with Crippen molar-refractivity contribution in [1.82, 2.24) is 9.80 Å². The number of rotatable bonds is 4. The van der Waals surface area contributed by atoms with Crippen LogP contribution in [0.15, 0.2) is 42.5 Å². The number of hydrogen-bond donors (Lipinski definition) is 0. The minimum atomic E-state index is -0.837. The molecule has 1 unspecified atom stereocenters. The molecule has 142 valence electrons. The van der Waals surface area contributed by atoms with Crippen molar-refractivity contribution < 1.29 is 19.1 Å². The first-order chi connectivity index (χ1) is 13.0. The van der Waals surface area contributed by atoms with Crippen LogP contribution in [0.1, 0.15) is 19.4 Å². The lowest BCUT2D eigenvalue weighted by Crippen LogP contribution is -2.52. The fraction of sp³-hybridized carbons (Fsp3) is 0.381. The van der Waals surface area contributed by atoms with E-state index in [2.05, 4.69) is 0 Å². The van der Waals surface area contributed by atoms with Crippen molar-refractivity contribution in [3.8, 4) is 0 Å². The molecule has 0 aliphatic carbocycles. The molecule has 27 heavy (non-hydrogen) atoms. The number of benzene rings is 2. The molecule has 0 aromatic heterocycles. The molecule has 0 saturated carbocycles. The van der Waals surface area contributed by atoms with Crippen molar-refractivity contribution in [3.05, 3.63) is 48.0 Å². The van der Waals surface area contributed by atoms with E-state index in [0.29, 0.717) is 26.2 Å². The van der Waals surface area contributed by atoms with Gasteiger partial charge in [-0.3, -0.25) is 14.4 Å². The predicted molar refractivity (Wildman–Crippen MR) is 102 cm³/mol. The van der Waals surface area contributed by atoms with Gasteiger partial charge in [0.15, 0.2) is 6.10 Å². The zero-order valence-electron chi connectivity index (χ0n) is 15.7. The van der Waals surface area contributed by atoms with Crippen LogP contribution in [0.25, 0.3) is 10.8 Å². The van der Waals surface area contributed by atoms with Crippen molar-refractivity contribution in [2.45, 2.75) is 26.4 Å². The molecule has 0 radical (unpaired) electrons. The summed E-state index contributed by atoms with van der Waals surface area (Å²) in [5.41, 5.74) is 0.882. The fourth-order valence-electron chi connectivity index (χ4n) is 3.39. The third-order valence-electron chi connectivity index (χ3n) is 4.91. The minimum Gasteiger partial charge on any atom is -0.452 e. The zero-order valence-corrected chi connectivity index (χ0v) is 15.7. The molecule has 1 aliphatic rings. The van der Waals surface area contributed by atoms with Gasteiger partial charge in [-0.1, -0.05) is 42.5 Å². The summed E-state index contributed by atoms with van der Waals surface area (Å²) < 4.78 is 5.38. The van der Waals surface area contributed by atoms with Crippen LogP contribution in [0.3, 0.4) is 0 Å². The molecule has 6 nitrogen and oxygen atoms in total. The van der Waals surface area contributed by atoms with Crippen molar-refractivity contribution in [3.63, 3.8) is 0 Å². The van der Waals surface area contributed by atoms with Crippen molar-refractivity contribution in [2.75, 3.05) is 26.2 Å². The molecule has 1 atom stereocenters. The quantitative estimate of drug-likeness (QED) is 0.775. The maximum absolute atomic E-state index is 12.5. The first kappa shape index (κ1) is 18.9. The second-order valence-corrected chi connectivity index (χ2v) is 6.78. The number of fused-ring (bicyclic) bond motifs is 1. The molecule has 1 aliphatic heterocycles. The van der Waals surface area contributed by atoms with Crippen molar-refractivity contribution >= 4 is 28.6 Å². The van der Waals surface area contributed by atoms with E-state index in [1.807, 2.05) is 42.5 Å². The Balaban J connectivity index is 1.57. The highest BCUT2D eigenvalue weighted by molar-refractivity contribution is 5.90. The summed E-state index contributed by atoms with van der Waals surface area (Å²) in [5.74, 6) is -0.629.